The minimum Gasteiger partial charge on any atom is -0.467 e. The molecule has 0 fully saturated rings. The van der Waals surface area contributed by atoms with Crippen molar-refractivity contribution in [2.75, 3.05) is 7.11 Å². The van der Waals surface area contributed by atoms with Crippen molar-refractivity contribution in [2.24, 2.45) is 0 Å². The minimum atomic E-state index is -0.855. The lowest BCUT2D eigenvalue weighted by molar-refractivity contribution is -0.143. The van der Waals surface area contributed by atoms with Gasteiger partial charge in [0.05, 0.1) is 19.1 Å². The summed E-state index contributed by atoms with van der Waals surface area (Å²) in [5.74, 6) is -0.552. The maximum atomic E-state index is 11.8. The molecule has 7 heteroatoms. The standard InChI is InChI=1S/C15H23N3O4/c1-6-7-18-9-11(16-10-18)8-12(13(19)21-5)17-14(20)22-15(2,3)4/h6,9-10,12H,1,7-8H2,2-5H3,(H,17,20)/t12-/m0/s1. The third kappa shape index (κ3) is 5.99. The third-order valence-corrected chi connectivity index (χ3v) is 2.62. The molecular weight excluding hydrogens is 286 g/mol. The Hall–Kier alpha value is -2.31. The van der Waals surface area contributed by atoms with E-state index in [1.165, 1.54) is 7.11 Å². The normalized spacial score (nSPS) is 12.4. The van der Waals surface area contributed by atoms with Crippen molar-refractivity contribution in [2.45, 2.75) is 45.4 Å². The minimum absolute atomic E-state index is 0.218. The number of methoxy groups -OCH3 is 1. The van der Waals surface area contributed by atoms with E-state index in [9.17, 15) is 9.59 Å². The summed E-state index contributed by atoms with van der Waals surface area (Å²) in [6.45, 7) is 9.51. The predicted octanol–water partition coefficient (Wildman–Crippen LogP) is 1.68. The zero-order valence-electron chi connectivity index (χ0n) is 13.5. The molecule has 0 spiro atoms. The Balaban J connectivity index is 2.73. The van der Waals surface area contributed by atoms with Gasteiger partial charge in [-0.3, -0.25) is 0 Å². The average Bonchev–Trinajstić information content (AvgIpc) is 2.82. The van der Waals surface area contributed by atoms with Crippen LogP contribution in [-0.4, -0.2) is 40.4 Å². The Bertz CT molecular complexity index is 531. The molecule has 1 atom stereocenters. The largest absolute Gasteiger partial charge is 0.467 e. The molecule has 0 radical (unpaired) electrons. The Morgan fingerprint density at radius 2 is 2.18 bits per heavy atom. The lowest BCUT2D eigenvalue weighted by Crippen LogP contribution is -2.45. The Morgan fingerprint density at radius 3 is 2.73 bits per heavy atom. The van der Waals surface area contributed by atoms with E-state index in [-0.39, 0.29) is 6.42 Å². The second-order valence-electron chi connectivity index (χ2n) is 5.78. The fourth-order valence-electron chi connectivity index (χ4n) is 1.76. The molecule has 0 bridgehead atoms. The number of carbonyl (C=O) groups excluding carboxylic acids is 2. The van der Waals surface area contributed by atoms with Crippen LogP contribution in [0.2, 0.25) is 0 Å². The maximum Gasteiger partial charge on any atom is 0.408 e. The van der Waals surface area contributed by atoms with Crippen LogP contribution in [0.25, 0.3) is 0 Å². The summed E-state index contributed by atoms with van der Waals surface area (Å²) in [4.78, 5) is 27.8. The molecule has 7 nitrogen and oxygen atoms in total. The third-order valence-electron chi connectivity index (χ3n) is 2.62. The summed E-state index contributed by atoms with van der Waals surface area (Å²) >= 11 is 0. The van der Waals surface area contributed by atoms with Gasteiger partial charge < -0.3 is 19.4 Å². The van der Waals surface area contributed by atoms with Crippen molar-refractivity contribution in [3.63, 3.8) is 0 Å². The van der Waals surface area contributed by atoms with Crippen molar-refractivity contribution in [3.05, 3.63) is 30.9 Å². The molecule has 0 aliphatic carbocycles. The molecule has 22 heavy (non-hydrogen) atoms. The van der Waals surface area contributed by atoms with E-state index in [1.54, 1.807) is 39.4 Å². The second kappa shape index (κ2) is 7.63. The van der Waals surface area contributed by atoms with Gasteiger partial charge in [0.1, 0.15) is 11.6 Å². The topological polar surface area (TPSA) is 82.5 Å². The number of allylic oxidation sites excluding steroid dienone is 1. The van der Waals surface area contributed by atoms with E-state index < -0.39 is 23.7 Å². The van der Waals surface area contributed by atoms with Crippen LogP contribution in [-0.2, 0) is 27.2 Å². The number of nitrogens with one attached hydrogen (secondary N) is 1. The van der Waals surface area contributed by atoms with Crippen molar-refractivity contribution in [1.29, 1.82) is 0 Å². The molecule has 1 aromatic heterocycles. The molecule has 1 amide bonds. The maximum absolute atomic E-state index is 11.8. The number of ether oxygens (including phenoxy) is 2. The number of hydrogen-bond donors (Lipinski definition) is 1. The first-order valence-corrected chi connectivity index (χ1v) is 6.94. The molecule has 1 N–H and O–H groups in total. The number of amides is 1. The highest BCUT2D eigenvalue weighted by molar-refractivity contribution is 5.81. The molecule has 0 saturated carbocycles. The van der Waals surface area contributed by atoms with Gasteiger partial charge in [-0.05, 0) is 20.8 Å². The molecule has 122 valence electrons. The number of carbonyl (C=O) groups is 2. The molecule has 0 aliphatic heterocycles. The van der Waals surface area contributed by atoms with Gasteiger partial charge in [0.15, 0.2) is 0 Å². The van der Waals surface area contributed by atoms with Crippen LogP contribution < -0.4 is 5.32 Å². The van der Waals surface area contributed by atoms with E-state index in [0.29, 0.717) is 12.2 Å². The first-order chi connectivity index (χ1) is 10.2. The van der Waals surface area contributed by atoms with E-state index in [2.05, 4.69) is 16.9 Å². The Labute approximate surface area is 130 Å². The van der Waals surface area contributed by atoms with Crippen LogP contribution in [0.15, 0.2) is 25.2 Å². The highest BCUT2D eigenvalue weighted by Gasteiger charge is 2.25. The monoisotopic (exact) mass is 309 g/mol. The summed E-state index contributed by atoms with van der Waals surface area (Å²) < 4.78 is 11.7. The summed E-state index contributed by atoms with van der Waals surface area (Å²) in [5, 5.41) is 2.51. The SMILES string of the molecule is C=CCn1cnc(C[C@H](NC(=O)OC(C)(C)C)C(=O)OC)c1. The molecule has 1 rings (SSSR count). The Kier molecular flexibility index (Phi) is 6.15. The number of esters is 1. The van der Waals surface area contributed by atoms with Crippen LogP contribution in [0.5, 0.6) is 0 Å². The van der Waals surface area contributed by atoms with Gasteiger partial charge >= 0.3 is 12.1 Å². The highest BCUT2D eigenvalue weighted by Crippen LogP contribution is 2.08. The van der Waals surface area contributed by atoms with Gasteiger partial charge in [0.25, 0.3) is 0 Å². The number of alkyl carbamates (subject to hydrolysis) is 1. The van der Waals surface area contributed by atoms with Crippen molar-refractivity contribution in [3.8, 4) is 0 Å². The van der Waals surface area contributed by atoms with Gasteiger partial charge in [0.2, 0.25) is 0 Å². The number of hydrogen-bond acceptors (Lipinski definition) is 5. The van der Waals surface area contributed by atoms with Crippen molar-refractivity contribution in [1.82, 2.24) is 14.9 Å². The summed E-state index contributed by atoms with van der Waals surface area (Å²) in [7, 11) is 1.27. The fourth-order valence-corrected chi connectivity index (χ4v) is 1.76. The van der Waals surface area contributed by atoms with E-state index in [1.807, 2.05) is 4.57 Å². The van der Waals surface area contributed by atoms with E-state index in [0.717, 1.165) is 0 Å². The van der Waals surface area contributed by atoms with Crippen molar-refractivity contribution >= 4 is 12.1 Å². The average molecular weight is 309 g/mol. The van der Waals surface area contributed by atoms with Crippen molar-refractivity contribution < 1.29 is 19.1 Å². The lowest BCUT2D eigenvalue weighted by Gasteiger charge is -2.22. The molecule has 0 unspecified atom stereocenters. The quantitative estimate of drug-likeness (QED) is 0.638. The van der Waals surface area contributed by atoms with Gasteiger partial charge in [-0.15, -0.1) is 6.58 Å². The van der Waals surface area contributed by atoms with Crippen LogP contribution in [0.3, 0.4) is 0 Å². The number of imidazole rings is 1. The number of nitrogens with zero attached hydrogens (tertiary/aromatic N) is 2. The zero-order valence-corrected chi connectivity index (χ0v) is 13.5. The first kappa shape index (κ1) is 17.7. The van der Waals surface area contributed by atoms with Crippen LogP contribution >= 0.6 is 0 Å². The van der Waals surface area contributed by atoms with Gasteiger partial charge in [-0.1, -0.05) is 6.08 Å². The molecule has 0 aromatic carbocycles. The van der Waals surface area contributed by atoms with Gasteiger partial charge in [-0.2, -0.15) is 0 Å². The number of rotatable bonds is 6. The molecular formula is C15H23N3O4. The molecule has 1 aromatic rings. The summed E-state index contributed by atoms with van der Waals surface area (Å²) in [6.07, 6.45) is 4.71. The summed E-state index contributed by atoms with van der Waals surface area (Å²) in [6, 6.07) is -0.855. The second-order valence-corrected chi connectivity index (χ2v) is 5.78. The summed E-state index contributed by atoms with van der Waals surface area (Å²) in [5.41, 5.74) is 0.0179. The molecule has 1 heterocycles. The van der Waals surface area contributed by atoms with Crippen LogP contribution in [0.4, 0.5) is 4.79 Å². The van der Waals surface area contributed by atoms with Gasteiger partial charge in [0, 0.05) is 19.2 Å². The molecule has 0 aliphatic rings. The fraction of sp³-hybridized carbons (Fsp3) is 0.533. The first-order valence-electron chi connectivity index (χ1n) is 6.94. The van der Waals surface area contributed by atoms with Crippen LogP contribution in [0.1, 0.15) is 26.5 Å². The lowest BCUT2D eigenvalue weighted by atomic mass is 10.1. The highest BCUT2D eigenvalue weighted by atomic mass is 16.6. The molecule has 0 saturated heterocycles. The number of aromatic nitrogens is 2. The zero-order chi connectivity index (χ0) is 16.8. The smallest absolute Gasteiger partial charge is 0.408 e. The van der Waals surface area contributed by atoms with E-state index in [4.69, 9.17) is 9.47 Å². The van der Waals surface area contributed by atoms with Gasteiger partial charge in [-0.25, -0.2) is 14.6 Å². The van der Waals surface area contributed by atoms with Crippen LogP contribution in [0, 0.1) is 0 Å². The predicted molar refractivity (Wildman–Crippen MR) is 81.3 cm³/mol. The van der Waals surface area contributed by atoms with E-state index >= 15 is 0 Å². The Morgan fingerprint density at radius 1 is 1.50 bits per heavy atom.